The summed E-state index contributed by atoms with van der Waals surface area (Å²) in [5.41, 5.74) is 4.72. The van der Waals surface area contributed by atoms with Gasteiger partial charge in [0, 0.05) is 19.4 Å². The topological polar surface area (TPSA) is 72.2 Å². The Morgan fingerprint density at radius 1 is 1.67 bits per heavy atom. The van der Waals surface area contributed by atoms with Crippen LogP contribution >= 0.6 is 12.6 Å². The molecule has 1 fully saturated rings. The van der Waals surface area contributed by atoms with Gasteiger partial charge >= 0.3 is 0 Å². The summed E-state index contributed by atoms with van der Waals surface area (Å²) in [5, 5.41) is 2.68. The molecule has 4 nitrogen and oxygen atoms in total. The van der Waals surface area contributed by atoms with Crippen molar-refractivity contribution in [3.63, 3.8) is 0 Å². The third-order valence-electron chi connectivity index (χ3n) is 1.26. The van der Waals surface area contributed by atoms with Gasteiger partial charge in [-0.25, -0.2) is 0 Å². The number of hydrogen-bond acceptors (Lipinski definition) is 3. The van der Waals surface area contributed by atoms with E-state index in [1.165, 1.54) is 0 Å². The Bertz CT molecular complexity index is 153. The molecule has 1 saturated heterocycles. The fraction of sp³-hybridized carbons (Fsp3) is 0.714. The maximum absolute atomic E-state index is 10.1. The average Bonchev–Trinajstić information content (AvgIpc) is 2.40. The molecule has 0 aliphatic carbocycles. The Morgan fingerprint density at radius 3 is 2.42 bits per heavy atom. The standard InChI is InChI=1S/C4H7NO.C3H7NOS/c6-4-2-1-3-5-4;4-3(5)1-2-6/h1-3H2,(H,5,6);6H,1-2H2,(H2,4,5). The molecule has 0 aromatic heterocycles. The van der Waals surface area contributed by atoms with Gasteiger partial charge in [-0.3, -0.25) is 9.59 Å². The van der Waals surface area contributed by atoms with E-state index in [2.05, 4.69) is 17.9 Å². The fourth-order valence-electron chi connectivity index (χ4n) is 0.675. The number of thiol groups is 1. The zero-order valence-corrected chi connectivity index (χ0v) is 7.77. The van der Waals surface area contributed by atoms with Gasteiger partial charge in [0.05, 0.1) is 0 Å². The largest absolute Gasteiger partial charge is 0.370 e. The molecular weight excluding hydrogens is 176 g/mol. The molecule has 2 amide bonds. The molecule has 5 heteroatoms. The summed E-state index contributed by atoms with van der Waals surface area (Å²) >= 11 is 3.76. The number of carbonyl (C=O) groups excluding carboxylic acids is 2. The zero-order valence-electron chi connectivity index (χ0n) is 6.88. The highest BCUT2D eigenvalue weighted by Crippen LogP contribution is 1.93. The molecule has 70 valence electrons. The maximum Gasteiger partial charge on any atom is 0.220 e. The average molecular weight is 190 g/mol. The number of primary amides is 1. The molecule has 0 atom stereocenters. The lowest BCUT2D eigenvalue weighted by Crippen LogP contribution is -2.12. The van der Waals surface area contributed by atoms with Crippen molar-refractivity contribution in [2.24, 2.45) is 5.73 Å². The van der Waals surface area contributed by atoms with Crippen LogP contribution in [0.15, 0.2) is 0 Å². The van der Waals surface area contributed by atoms with E-state index >= 15 is 0 Å². The second-order valence-corrected chi connectivity index (χ2v) is 2.84. The minimum atomic E-state index is -0.287. The van der Waals surface area contributed by atoms with Gasteiger partial charge in [-0.05, 0) is 12.2 Å². The molecule has 0 unspecified atom stereocenters. The zero-order chi connectivity index (χ0) is 9.40. The summed E-state index contributed by atoms with van der Waals surface area (Å²) in [6.07, 6.45) is 2.14. The Labute approximate surface area is 77.3 Å². The van der Waals surface area contributed by atoms with Gasteiger partial charge < -0.3 is 11.1 Å². The van der Waals surface area contributed by atoms with Gasteiger partial charge in [0.25, 0.3) is 0 Å². The molecule has 3 N–H and O–H groups in total. The number of amides is 2. The molecule has 0 saturated carbocycles. The lowest BCUT2D eigenvalue weighted by Gasteiger charge is -1.80. The van der Waals surface area contributed by atoms with Crippen LogP contribution in [0, 0.1) is 0 Å². The van der Waals surface area contributed by atoms with Gasteiger partial charge in [0.15, 0.2) is 0 Å². The second-order valence-electron chi connectivity index (χ2n) is 2.39. The van der Waals surface area contributed by atoms with Crippen LogP contribution in [-0.4, -0.2) is 24.1 Å². The number of hydrogen-bond donors (Lipinski definition) is 3. The fourth-order valence-corrected chi connectivity index (χ4v) is 0.896. The smallest absolute Gasteiger partial charge is 0.220 e. The molecule has 0 aromatic carbocycles. The molecule has 1 heterocycles. The van der Waals surface area contributed by atoms with Crippen LogP contribution in [0.1, 0.15) is 19.3 Å². The Balaban J connectivity index is 0.000000202. The van der Waals surface area contributed by atoms with Crippen LogP contribution in [0.3, 0.4) is 0 Å². The van der Waals surface area contributed by atoms with E-state index in [1.807, 2.05) is 0 Å². The van der Waals surface area contributed by atoms with E-state index in [0.717, 1.165) is 19.4 Å². The van der Waals surface area contributed by atoms with Crippen molar-refractivity contribution in [3.05, 3.63) is 0 Å². The molecule has 1 aliphatic heterocycles. The maximum atomic E-state index is 10.1. The minimum Gasteiger partial charge on any atom is -0.370 e. The van der Waals surface area contributed by atoms with Crippen molar-refractivity contribution in [2.45, 2.75) is 19.3 Å². The molecule has 1 rings (SSSR count). The summed E-state index contributed by atoms with van der Waals surface area (Å²) in [7, 11) is 0. The highest BCUT2D eigenvalue weighted by molar-refractivity contribution is 7.80. The van der Waals surface area contributed by atoms with Gasteiger partial charge in [0.1, 0.15) is 0 Å². The summed E-state index contributed by atoms with van der Waals surface area (Å²) in [6.45, 7) is 0.888. The summed E-state index contributed by atoms with van der Waals surface area (Å²) in [5.74, 6) is 0.468. The molecule has 0 bridgehead atoms. The van der Waals surface area contributed by atoms with Crippen LogP contribution in [0.25, 0.3) is 0 Å². The van der Waals surface area contributed by atoms with E-state index in [0.29, 0.717) is 12.2 Å². The Morgan fingerprint density at radius 2 is 2.33 bits per heavy atom. The van der Waals surface area contributed by atoms with Crippen molar-refractivity contribution in [1.82, 2.24) is 5.32 Å². The molecule has 0 aromatic rings. The Kier molecular flexibility index (Phi) is 6.55. The van der Waals surface area contributed by atoms with E-state index in [1.54, 1.807) is 0 Å². The number of nitrogens with two attached hydrogens (primary N) is 1. The first-order valence-corrected chi connectivity index (χ1v) is 4.46. The van der Waals surface area contributed by atoms with E-state index in [4.69, 9.17) is 5.73 Å². The van der Waals surface area contributed by atoms with E-state index in [-0.39, 0.29) is 11.8 Å². The van der Waals surface area contributed by atoms with Crippen LogP contribution in [0.4, 0.5) is 0 Å². The van der Waals surface area contributed by atoms with Gasteiger partial charge in [-0.1, -0.05) is 0 Å². The molecule has 12 heavy (non-hydrogen) atoms. The summed E-state index contributed by atoms with van der Waals surface area (Å²) < 4.78 is 0. The lowest BCUT2D eigenvalue weighted by molar-refractivity contribution is -0.119. The highest BCUT2D eigenvalue weighted by atomic mass is 32.1. The number of carbonyl (C=O) groups is 2. The van der Waals surface area contributed by atoms with Crippen molar-refractivity contribution >= 4 is 24.4 Å². The molecular formula is C7H14N2O2S. The molecule has 1 aliphatic rings. The van der Waals surface area contributed by atoms with Crippen molar-refractivity contribution in [3.8, 4) is 0 Å². The molecule has 0 radical (unpaired) electrons. The summed E-state index contributed by atoms with van der Waals surface area (Å²) in [6, 6.07) is 0. The predicted molar refractivity (Wildman–Crippen MR) is 49.9 cm³/mol. The number of rotatable bonds is 2. The van der Waals surface area contributed by atoms with Gasteiger partial charge in [0.2, 0.25) is 11.8 Å². The molecule has 0 spiro atoms. The van der Waals surface area contributed by atoms with Crippen LogP contribution in [-0.2, 0) is 9.59 Å². The van der Waals surface area contributed by atoms with Gasteiger partial charge in [-0.15, -0.1) is 0 Å². The quantitative estimate of drug-likeness (QED) is 0.523. The number of nitrogens with one attached hydrogen (secondary N) is 1. The van der Waals surface area contributed by atoms with Gasteiger partial charge in [-0.2, -0.15) is 12.6 Å². The lowest BCUT2D eigenvalue weighted by atomic mass is 10.4. The SMILES string of the molecule is NC(=O)CCS.O=C1CCCN1. The monoisotopic (exact) mass is 190 g/mol. The minimum absolute atomic E-state index is 0.204. The van der Waals surface area contributed by atoms with Crippen LogP contribution in [0.5, 0.6) is 0 Å². The highest BCUT2D eigenvalue weighted by Gasteiger charge is 2.05. The Hall–Kier alpha value is -0.710. The predicted octanol–water partition coefficient (Wildman–Crippen LogP) is -0.312. The van der Waals surface area contributed by atoms with E-state index in [9.17, 15) is 9.59 Å². The second kappa shape index (κ2) is 6.97. The van der Waals surface area contributed by atoms with Crippen molar-refractivity contribution in [1.29, 1.82) is 0 Å². The third kappa shape index (κ3) is 7.40. The summed E-state index contributed by atoms with van der Waals surface area (Å²) in [4.78, 5) is 19.9. The first-order chi connectivity index (χ1) is 5.66. The van der Waals surface area contributed by atoms with Crippen LogP contribution < -0.4 is 11.1 Å². The third-order valence-corrected chi connectivity index (χ3v) is 1.48. The van der Waals surface area contributed by atoms with Crippen LogP contribution in [0.2, 0.25) is 0 Å². The van der Waals surface area contributed by atoms with Crippen molar-refractivity contribution < 1.29 is 9.59 Å². The van der Waals surface area contributed by atoms with Crippen molar-refractivity contribution in [2.75, 3.05) is 12.3 Å². The first kappa shape index (κ1) is 11.3. The first-order valence-electron chi connectivity index (χ1n) is 3.82. The van der Waals surface area contributed by atoms with E-state index < -0.39 is 0 Å². The normalized spacial score (nSPS) is 14.6.